The molecule has 0 bridgehead atoms. The van der Waals surface area contributed by atoms with Gasteiger partial charge in [-0.25, -0.2) is 4.98 Å². The molecule has 0 amide bonds. The maximum atomic E-state index is 6.17. The van der Waals surface area contributed by atoms with Crippen LogP contribution in [-0.4, -0.2) is 20.8 Å². The van der Waals surface area contributed by atoms with Gasteiger partial charge in [0.25, 0.3) is 0 Å². The summed E-state index contributed by atoms with van der Waals surface area (Å²) in [6.45, 7) is 5.22. The fraction of sp³-hybridized carbons (Fsp3) is 0.867. The van der Waals surface area contributed by atoms with Crippen molar-refractivity contribution < 1.29 is 0 Å². The number of nitrogens with two attached hydrogens (primary N) is 1. The molecule has 1 heterocycles. The van der Waals surface area contributed by atoms with Gasteiger partial charge in [-0.3, -0.25) is 4.68 Å². The number of hydrogen-bond acceptors (Lipinski definition) is 3. The zero-order valence-corrected chi connectivity index (χ0v) is 12.6. The molecular weight excluding hydrogens is 236 g/mol. The van der Waals surface area contributed by atoms with Gasteiger partial charge in [-0.1, -0.05) is 51.9 Å². The highest BCUT2D eigenvalue weighted by Crippen LogP contribution is 2.10. The van der Waals surface area contributed by atoms with Gasteiger partial charge in [0, 0.05) is 19.0 Å². The van der Waals surface area contributed by atoms with Gasteiger partial charge < -0.3 is 5.73 Å². The topological polar surface area (TPSA) is 56.7 Å². The molecule has 1 rings (SSSR count). The van der Waals surface area contributed by atoms with Crippen molar-refractivity contribution in [3.8, 4) is 0 Å². The molecular formula is C15H30N4. The normalized spacial score (nSPS) is 12.8. The van der Waals surface area contributed by atoms with E-state index in [1.165, 1.54) is 44.9 Å². The van der Waals surface area contributed by atoms with Crippen LogP contribution in [0.1, 0.15) is 71.0 Å². The van der Waals surface area contributed by atoms with Crippen molar-refractivity contribution in [1.29, 1.82) is 0 Å². The predicted octanol–water partition coefficient (Wildman–Crippen LogP) is 3.31. The van der Waals surface area contributed by atoms with Crippen molar-refractivity contribution in [3.05, 3.63) is 12.2 Å². The van der Waals surface area contributed by atoms with E-state index >= 15 is 0 Å². The van der Waals surface area contributed by atoms with Crippen molar-refractivity contribution in [3.63, 3.8) is 0 Å². The predicted molar refractivity (Wildman–Crippen MR) is 80.0 cm³/mol. The first-order chi connectivity index (χ1) is 9.27. The fourth-order valence-electron chi connectivity index (χ4n) is 2.41. The van der Waals surface area contributed by atoms with Crippen LogP contribution in [0.5, 0.6) is 0 Å². The highest BCUT2D eigenvalue weighted by Gasteiger charge is 2.09. The molecule has 0 aliphatic heterocycles. The maximum absolute atomic E-state index is 6.17. The van der Waals surface area contributed by atoms with E-state index in [-0.39, 0.29) is 6.04 Å². The molecule has 1 aromatic rings. The van der Waals surface area contributed by atoms with Gasteiger partial charge >= 0.3 is 0 Å². The summed E-state index contributed by atoms with van der Waals surface area (Å²) in [5.74, 6) is 1.03. The van der Waals surface area contributed by atoms with Gasteiger partial charge in [-0.15, -0.1) is 0 Å². The summed E-state index contributed by atoms with van der Waals surface area (Å²) >= 11 is 0. The molecule has 0 spiro atoms. The summed E-state index contributed by atoms with van der Waals surface area (Å²) in [5.41, 5.74) is 6.17. The van der Waals surface area contributed by atoms with Gasteiger partial charge in [-0.05, 0) is 13.3 Å². The molecule has 1 aromatic heterocycles. The standard InChI is InChI=1S/C15H30N4/c1-3-5-6-7-8-9-10-11-14(16)12-15-17-13-18-19(15)4-2/h13-14H,3-12,16H2,1-2H3. The molecule has 2 N–H and O–H groups in total. The quantitative estimate of drug-likeness (QED) is 0.625. The Kier molecular flexibility index (Phi) is 8.47. The van der Waals surface area contributed by atoms with Crippen LogP contribution in [0.3, 0.4) is 0 Å². The highest BCUT2D eigenvalue weighted by molar-refractivity contribution is 4.88. The van der Waals surface area contributed by atoms with Crippen molar-refractivity contribution in [2.75, 3.05) is 0 Å². The third-order valence-electron chi connectivity index (χ3n) is 3.62. The summed E-state index contributed by atoms with van der Waals surface area (Å²) in [6.07, 6.45) is 13.0. The Morgan fingerprint density at radius 3 is 2.47 bits per heavy atom. The molecule has 0 saturated heterocycles. The van der Waals surface area contributed by atoms with Crippen LogP contribution in [0.4, 0.5) is 0 Å². The van der Waals surface area contributed by atoms with E-state index in [1.54, 1.807) is 6.33 Å². The monoisotopic (exact) mass is 266 g/mol. The number of aryl methyl sites for hydroxylation is 1. The van der Waals surface area contributed by atoms with E-state index < -0.39 is 0 Å². The lowest BCUT2D eigenvalue weighted by molar-refractivity contribution is 0.507. The van der Waals surface area contributed by atoms with Crippen molar-refractivity contribution in [1.82, 2.24) is 14.8 Å². The third kappa shape index (κ3) is 6.71. The molecule has 110 valence electrons. The minimum Gasteiger partial charge on any atom is -0.327 e. The molecule has 4 nitrogen and oxygen atoms in total. The Balaban J connectivity index is 2.06. The zero-order chi connectivity index (χ0) is 13.9. The second-order valence-electron chi connectivity index (χ2n) is 5.37. The molecule has 1 atom stereocenters. The Morgan fingerprint density at radius 2 is 1.79 bits per heavy atom. The summed E-state index contributed by atoms with van der Waals surface area (Å²) < 4.78 is 1.94. The smallest absolute Gasteiger partial charge is 0.138 e. The number of rotatable bonds is 11. The Labute approximate surface area is 117 Å². The number of nitrogens with zero attached hydrogens (tertiary/aromatic N) is 3. The van der Waals surface area contributed by atoms with E-state index in [2.05, 4.69) is 23.9 Å². The minimum absolute atomic E-state index is 0.227. The van der Waals surface area contributed by atoms with Gasteiger partial charge in [-0.2, -0.15) is 5.10 Å². The van der Waals surface area contributed by atoms with Gasteiger partial charge in [0.15, 0.2) is 0 Å². The molecule has 4 heteroatoms. The molecule has 0 saturated carbocycles. The molecule has 0 aliphatic carbocycles. The Morgan fingerprint density at radius 1 is 1.11 bits per heavy atom. The summed E-state index contributed by atoms with van der Waals surface area (Å²) in [4.78, 5) is 4.28. The lowest BCUT2D eigenvalue weighted by Crippen LogP contribution is -2.24. The highest BCUT2D eigenvalue weighted by atomic mass is 15.3. The van der Waals surface area contributed by atoms with Crippen LogP contribution in [0.2, 0.25) is 0 Å². The van der Waals surface area contributed by atoms with Crippen molar-refractivity contribution >= 4 is 0 Å². The first kappa shape index (κ1) is 16.2. The van der Waals surface area contributed by atoms with E-state index in [1.807, 2.05) is 4.68 Å². The van der Waals surface area contributed by atoms with Gasteiger partial charge in [0.05, 0.1) is 0 Å². The first-order valence-corrected chi connectivity index (χ1v) is 7.90. The van der Waals surface area contributed by atoms with Crippen LogP contribution in [0, 0.1) is 0 Å². The SMILES string of the molecule is CCCCCCCCCC(N)Cc1ncnn1CC. The zero-order valence-electron chi connectivity index (χ0n) is 12.6. The largest absolute Gasteiger partial charge is 0.327 e. The van der Waals surface area contributed by atoms with Gasteiger partial charge in [0.1, 0.15) is 12.2 Å². The summed E-state index contributed by atoms with van der Waals surface area (Å²) in [5, 5.41) is 4.18. The third-order valence-corrected chi connectivity index (χ3v) is 3.62. The number of aromatic nitrogens is 3. The average Bonchev–Trinajstić information content (AvgIpc) is 2.85. The van der Waals surface area contributed by atoms with E-state index in [0.29, 0.717) is 0 Å². The average molecular weight is 266 g/mol. The molecule has 0 radical (unpaired) electrons. The Bertz CT molecular complexity index is 322. The molecule has 1 unspecified atom stereocenters. The number of unbranched alkanes of at least 4 members (excludes halogenated alkanes) is 6. The lowest BCUT2D eigenvalue weighted by Gasteiger charge is -2.11. The van der Waals surface area contributed by atoms with Crippen LogP contribution < -0.4 is 5.73 Å². The lowest BCUT2D eigenvalue weighted by atomic mass is 10.0. The van der Waals surface area contributed by atoms with Crippen molar-refractivity contribution in [2.24, 2.45) is 5.73 Å². The molecule has 19 heavy (non-hydrogen) atoms. The van der Waals surface area contributed by atoms with Gasteiger partial charge in [0.2, 0.25) is 0 Å². The summed E-state index contributed by atoms with van der Waals surface area (Å²) in [6, 6.07) is 0.227. The minimum atomic E-state index is 0.227. The molecule has 0 aromatic carbocycles. The van der Waals surface area contributed by atoms with Crippen LogP contribution in [0.25, 0.3) is 0 Å². The molecule has 0 aliphatic rings. The van der Waals surface area contributed by atoms with Crippen molar-refractivity contribution in [2.45, 2.75) is 84.2 Å². The summed E-state index contributed by atoms with van der Waals surface area (Å²) in [7, 11) is 0. The Hall–Kier alpha value is -0.900. The molecule has 0 fully saturated rings. The fourth-order valence-corrected chi connectivity index (χ4v) is 2.41. The van der Waals surface area contributed by atoms with E-state index in [0.717, 1.165) is 25.2 Å². The second kappa shape index (κ2) is 9.96. The maximum Gasteiger partial charge on any atom is 0.138 e. The second-order valence-corrected chi connectivity index (χ2v) is 5.37. The van der Waals surface area contributed by atoms with Crippen LogP contribution in [0.15, 0.2) is 6.33 Å². The van der Waals surface area contributed by atoms with Crippen LogP contribution in [-0.2, 0) is 13.0 Å². The van der Waals surface area contributed by atoms with E-state index in [9.17, 15) is 0 Å². The van der Waals surface area contributed by atoms with E-state index in [4.69, 9.17) is 5.73 Å². The number of hydrogen-bond donors (Lipinski definition) is 1. The van der Waals surface area contributed by atoms with Crippen LogP contribution >= 0.6 is 0 Å². The first-order valence-electron chi connectivity index (χ1n) is 7.90.